The average Bonchev–Trinajstić information content (AvgIpc) is 2.08. The SMILES string of the molecule is CCCCCCS(=S)OCC(C)(C)C. The van der Waals surface area contributed by atoms with Crippen LogP contribution in [-0.4, -0.2) is 12.4 Å². The molecule has 0 spiro atoms. The van der Waals surface area contributed by atoms with Crippen LogP contribution in [0.4, 0.5) is 0 Å². The van der Waals surface area contributed by atoms with E-state index in [1.54, 1.807) is 0 Å². The average molecular weight is 236 g/mol. The van der Waals surface area contributed by atoms with Crippen LogP contribution in [0.2, 0.25) is 0 Å². The van der Waals surface area contributed by atoms with Crippen molar-refractivity contribution in [1.82, 2.24) is 0 Å². The monoisotopic (exact) mass is 236 g/mol. The van der Waals surface area contributed by atoms with Gasteiger partial charge in [-0.2, -0.15) is 0 Å². The van der Waals surface area contributed by atoms with E-state index in [0.29, 0.717) is 0 Å². The molecular formula is C11H24OS2. The van der Waals surface area contributed by atoms with Crippen molar-refractivity contribution in [2.75, 3.05) is 12.4 Å². The van der Waals surface area contributed by atoms with E-state index < -0.39 is 0 Å². The summed E-state index contributed by atoms with van der Waals surface area (Å²) in [6.45, 7) is 9.54. The lowest BCUT2D eigenvalue weighted by Crippen LogP contribution is -2.16. The lowest BCUT2D eigenvalue weighted by molar-refractivity contribution is 0.224. The molecule has 0 aromatic carbocycles. The van der Waals surface area contributed by atoms with Gasteiger partial charge in [-0.25, -0.2) is 0 Å². The van der Waals surface area contributed by atoms with Crippen molar-refractivity contribution < 1.29 is 4.18 Å². The van der Waals surface area contributed by atoms with E-state index in [2.05, 4.69) is 27.7 Å². The van der Waals surface area contributed by atoms with Crippen LogP contribution in [0, 0.1) is 5.41 Å². The van der Waals surface area contributed by atoms with Gasteiger partial charge in [0.05, 0.1) is 6.61 Å². The minimum atomic E-state index is -0.237. The minimum Gasteiger partial charge on any atom is -0.312 e. The Hall–Kier alpha value is 0.530. The van der Waals surface area contributed by atoms with Gasteiger partial charge in [0.2, 0.25) is 0 Å². The van der Waals surface area contributed by atoms with Crippen LogP contribution in [0.5, 0.6) is 0 Å². The van der Waals surface area contributed by atoms with Crippen molar-refractivity contribution in [3.8, 4) is 0 Å². The summed E-state index contributed by atoms with van der Waals surface area (Å²) in [6, 6.07) is 0. The molecule has 0 bridgehead atoms. The zero-order chi connectivity index (χ0) is 11.0. The van der Waals surface area contributed by atoms with Gasteiger partial charge in [-0.05, 0) is 23.0 Å². The van der Waals surface area contributed by atoms with Crippen LogP contribution in [0.1, 0.15) is 53.4 Å². The van der Waals surface area contributed by atoms with Crippen molar-refractivity contribution in [3.05, 3.63) is 0 Å². The molecule has 1 unspecified atom stereocenters. The maximum absolute atomic E-state index is 5.63. The first-order valence-electron chi connectivity index (χ1n) is 5.47. The fraction of sp³-hybridized carbons (Fsp3) is 1.00. The van der Waals surface area contributed by atoms with E-state index in [9.17, 15) is 0 Å². The summed E-state index contributed by atoms with van der Waals surface area (Å²) >= 11 is 5.26. The van der Waals surface area contributed by atoms with Gasteiger partial charge in [-0.15, -0.1) is 0 Å². The van der Waals surface area contributed by atoms with Gasteiger partial charge in [0, 0.05) is 15.5 Å². The molecular weight excluding hydrogens is 212 g/mol. The maximum Gasteiger partial charge on any atom is 0.0665 e. The third kappa shape index (κ3) is 10.6. The molecule has 0 amide bonds. The second kappa shape index (κ2) is 7.77. The first-order chi connectivity index (χ1) is 6.45. The molecule has 1 atom stereocenters. The Morgan fingerprint density at radius 1 is 1.14 bits per heavy atom. The summed E-state index contributed by atoms with van der Waals surface area (Å²) in [4.78, 5) is 0. The summed E-state index contributed by atoms with van der Waals surface area (Å²) in [6.07, 6.45) is 5.14. The van der Waals surface area contributed by atoms with E-state index >= 15 is 0 Å². The zero-order valence-corrected chi connectivity index (χ0v) is 11.6. The molecule has 0 saturated heterocycles. The zero-order valence-electron chi connectivity index (χ0n) is 9.97. The standard InChI is InChI=1S/C11H24OS2/c1-5-6-7-8-9-14(13)12-10-11(2,3)4/h5-10H2,1-4H3. The highest BCUT2D eigenvalue weighted by atomic mass is 32.8. The number of rotatable bonds is 7. The van der Waals surface area contributed by atoms with Gasteiger partial charge in [0.1, 0.15) is 0 Å². The molecule has 0 radical (unpaired) electrons. The van der Waals surface area contributed by atoms with Crippen molar-refractivity contribution in [1.29, 1.82) is 0 Å². The Balaban J connectivity index is 3.38. The number of unbranched alkanes of at least 4 members (excludes halogenated alkanes) is 3. The van der Waals surface area contributed by atoms with E-state index in [1.165, 1.54) is 25.7 Å². The fourth-order valence-corrected chi connectivity index (χ4v) is 2.49. The topological polar surface area (TPSA) is 9.23 Å². The van der Waals surface area contributed by atoms with Crippen LogP contribution in [0.25, 0.3) is 0 Å². The molecule has 86 valence electrons. The summed E-state index contributed by atoms with van der Waals surface area (Å²) in [5.74, 6) is 1.06. The lowest BCUT2D eigenvalue weighted by atomic mass is 9.99. The molecule has 0 aliphatic heterocycles. The van der Waals surface area contributed by atoms with Crippen molar-refractivity contribution in [2.24, 2.45) is 5.41 Å². The molecule has 1 nitrogen and oxygen atoms in total. The van der Waals surface area contributed by atoms with Gasteiger partial charge in [-0.1, -0.05) is 47.0 Å². The van der Waals surface area contributed by atoms with Gasteiger partial charge in [0.15, 0.2) is 0 Å². The molecule has 0 fully saturated rings. The molecule has 0 saturated carbocycles. The normalized spacial score (nSPS) is 14.3. The minimum absolute atomic E-state index is 0.237. The third-order valence-electron chi connectivity index (χ3n) is 1.79. The highest BCUT2D eigenvalue weighted by Crippen LogP contribution is 2.14. The third-order valence-corrected chi connectivity index (χ3v) is 3.58. The maximum atomic E-state index is 5.63. The van der Waals surface area contributed by atoms with Crippen LogP contribution in [-0.2, 0) is 25.1 Å². The summed E-state index contributed by atoms with van der Waals surface area (Å²) in [7, 11) is -0.237. The molecule has 0 aromatic rings. The lowest BCUT2D eigenvalue weighted by Gasteiger charge is -2.18. The molecule has 0 rings (SSSR count). The van der Waals surface area contributed by atoms with Crippen LogP contribution < -0.4 is 0 Å². The van der Waals surface area contributed by atoms with E-state index in [4.69, 9.17) is 15.4 Å². The van der Waals surface area contributed by atoms with Gasteiger partial charge >= 0.3 is 0 Å². The Bertz CT molecular complexity index is 161. The summed E-state index contributed by atoms with van der Waals surface area (Å²) < 4.78 is 5.63. The second-order valence-electron chi connectivity index (χ2n) is 4.89. The quantitative estimate of drug-likeness (QED) is 0.624. The molecule has 0 aromatic heterocycles. The largest absolute Gasteiger partial charge is 0.312 e. The number of hydrogen-bond donors (Lipinski definition) is 0. The Morgan fingerprint density at radius 2 is 1.79 bits per heavy atom. The molecule has 0 aliphatic rings. The molecule has 0 aliphatic carbocycles. The Morgan fingerprint density at radius 3 is 2.29 bits per heavy atom. The smallest absolute Gasteiger partial charge is 0.0665 e. The van der Waals surface area contributed by atoms with Gasteiger partial charge in [-0.3, -0.25) is 0 Å². The van der Waals surface area contributed by atoms with Crippen LogP contribution >= 0.6 is 0 Å². The number of hydrogen-bond acceptors (Lipinski definition) is 2. The fourth-order valence-electron chi connectivity index (χ4n) is 0.948. The first-order valence-corrected chi connectivity index (χ1v) is 7.72. The van der Waals surface area contributed by atoms with Crippen molar-refractivity contribution >= 4 is 20.9 Å². The predicted molar refractivity (Wildman–Crippen MR) is 69.1 cm³/mol. The Labute approximate surface area is 96.4 Å². The van der Waals surface area contributed by atoms with Crippen molar-refractivity contribution in [2.45, 2.75) is 53.4 Å². The van der Waals surface area contributed by atoms with E-state index in [1.807, 2.05) is 0 Å². The molecule has 14 heavy (non-hydrogen) atoms. The van der Waals surface area contributed by atoms with E-state index in [0.717, 1.165) is 12.4 Å². The predicted octanol–water partition coefficient (Wildman–Crippen LogP) is 3.62. The summed E-state index contributed by atoms with van der Waals surface area (Å²) in [5.41, 5.74) is 0.244. The highest BCUT2D eigenvalue weighted by molar-refractivity contribution is 8.26. The highest BCUT2D eigenvalue weighted by Gasteiger charge is 2.11. The first kappa shape index (κ1) is 14.5. The molecule has 0 N–H and O–H groups in total. The summed E-state index contributed by atoms with van der Waals surface area (Å²) in [5, 5.41) is 0. The Kier molecular flexibility index (Phi) is 8.07. The van der Waals surface area contributed by atoms with Crippen LogP contribution in [0.15, 0.2) is 0 Å². The molecule has 3 heteroatoms. The van der Waals surface area contributed by atoms with Gasteiger partial charge in [0.25, 0.3) is 0 Å². The van der Waals surface area contributed by atoms with E-state index in [-0.39, 0.29) is 15.2 Å². The molecule has 0 heterocycles. The second-order valence-corrected chi connectivity index (χ2v) is 7.26. The van der Waals surface area contributed by atoms with Crippen molar-refractivity contribution in [3.63, 3.8) is 0 Å². The van der Waals surface area contributed by atoms with Crippen LogP contribution in [0.3, 0.4) is 0 Å². The van der Waals surface area contributed by atoms with Gasteiger partial charge < -0.3 is 4.18 Å².